The van der Waals surface area contributed by atoms with Gasteiger partial charge in [-0.2, -0.15) is 0 Å². The van der Waals surface area contributed by atoms with Crippen LogP contribution in [0.1, 0.15) is 20.3 Å². The van der Waals surface area contributed by atoms with Crippen LogP contribution in [0.4, 0.5) is 0 Å². The van der Waals surface area contributed by atoms with Crippen LogP contribution >= 0.6 is 12.6 Å². The van der Waals surface area contributed by atoms with Gasteiger partial charge in [0.1, 0.15) is 0 Å². The van der Waals surface area contributed by atoms with Gasteiger partial charge in [0.2, 0.25) is 0 Å². The van der Waals surface area contributed by atoms with Crippen LogP contribution in [-0.2, 0) is 0 Å². The van der Waals surface area contributed by atoms with Gasteiger partial charge >= 0.3 is 0 Å². The standard InChI is InChI=1S/C6H11S/c1-3-4-6(2)5-7/h4H,3,5H2,1-2H3. The summed E-state index contributed by atoms with van der Waals surface area (Å²) in [4.78, 5) is 0. The summed E-state index contributed by atoms with van der Waals surface area (Å²) in [5.74, 6) is 0.786. The Balaban J connectivity index is 3.29. The van der Waals surface area contributed by atoms with E-state index in [1.165, 1.54) is 5.57 Å². The Morgan fingerprint density at radius 2 is 2.29 bits per heavy atom. The minimum absolute atomic E-state index is 0.786. The maximum atomic E-state index is 4.77. The highest BCUT2D eigenvalue weighted by Gasteiger charge is 1.78. The van der Waals surface area contributed by atoms with E-state index in [0.717, 1.165) is 12.2 Å². The predicted octanol–water partition coefficient (Wildman–Crippen LogP) is 2.54. The second-order valence-electron chi connectivity index (χ2n) is 1.60. The molecular formula is C6H11S. The molecule has 0 aromatic carbocycles. The molecule has 41 valence electrons. The molecule has 0 amide bonds. The van der Waals surface area contributed by atoms with E-state index in [9.17, 15) is 0 Å². The summed E-state index contributed by atoms with van der Waals surface area (Å²) in [7, 11) is 0. The third-order valence-electron chi connectivity index (χ3n) is 0.780. The van der Waals surface area contributed by atoms with E-state index in [-0.39, 0.29) is 0 Å². The van der Waals surface area contributed by atoms with E-state index in [1.807, 2.05) is 0 Å². The van der Waals surface area contributed by atoms with Gasteiger partial charge in [0, 0.05) is 5.75 Å². The molecule has 0 bridgehead atoms. The summed E-state index contributed by atoms with van der Waals surface area (Å²) in [5.41, 5.74) is 1.32. The second kappa shape index (κ2) is 4.25. The molecule has 0 atom stereocenters. The molecule has 0 aliphatic rings. The van der Waals surface area contributed by atoms with Crippen molar-refractivity contribution in [1.29, 1.82) is 0 Å². The Hall–Kier alpha value is 0.0900. The zero-order valence-electron chi connectivity index (χ0n) is 4.90. The molecule has 0 nitrogen and oxygen atoms in total. The van der Waals surface area contributed by atoms with Crippen LogP contribution in [0.3, 0.4) is 0 Å². The lowest BCUT2D eigenvalue weighted by atomic mass is 10.3. The van der Waals surface area contributed by atoms with Gasteiger partial charge in [-0.3, -0.25) is 0 Å². The Kier molecular flexibility index (Phi) is 4.31. The van der Waals surface area contributed by atoms with Crippen molar-refractivity contribution in [2.75, 3.05) is 5.75 Å². The van der Waals surface area contributed by atoms with Crippen LogP contribution in [0.25, 0.3) is 0 Å². The van der Waals surface area contributed by atoms with E-state index in [2.05, 4.69) is 19.9 Å². The van der Waals surface area contributed by atoms with Crippen LogP contribution in [-0.4, -0.2) is 5.75 Å². The topological polar surface area (TPSA) is 0 Å². The lowest BCUT2D eigenvalue weighted by Gasteiger charge is -1.87. The third-order valence-corrected chi connectivity index (χ3v) is 1.24. The lowest BCUT2D eigenvalue weighted by molar-refractivity contribution is 1.18. The van der Waals surface area contributed by atoms with Gasteiger partial charge in [0.05, 0.1) is 0 Å². The zero-order valence-corrected chi connectivity index (χ0v) is 5.72. The molecule has 7 heavy (non-hydrogen) atoms. The van der Waals surface area contributed by atoms with Crippen molar-refractivity contribution in [3.8, 4) is 0 Å². The van der Waals surface area contributed by atoms with Crippen molar-refractivity contribution in [2.45, 2.75) is 20.3 Å². The minimum atomic E-state index is 0.786. The predicted molar refractivity (Wildman–Crippen MR) is 36.5 cm³/mol. The summed E-state index contributed by atoms with van der Waals surface area (Å²) in [6, 6.07) is 0. The van der Waals surface area contributed by atoms with E-state index in [1.54, 1.807) is 0 Å². The van der Waals surface area contributed by atoms with Crippen molar-refractivity contribution in [1.82, 2.24) is 0 Å². The Bertz CT molecular complexity index is 64.6. The molecule has 0 saturated heterocycles. The highest BCUT2D eigenvalue weighted by molar-refractivity contribution is 7.80. The molecule has 0 saturated carbocycles. The molecule has 1 radical (unpaired) electrons. The van der Waals surface area contributed by atoms with Gasteiger partial charge in [-0.05, 0) is 13.3 Å². The van der Waals surface area contributed by atoms with Crippen LogP contribution in [0.15, 0.2) is 11.6 Å². The van der Waals surface area contributed by atoms with Crippen LogP contribution in [0.2, 0.25) is 0 Å². The molecule has 0 heterocycles. The summed E-state index contributed by atoms with van der Waals surface area (Å²) in [5, 5.41) is 0. The molecule has 0 fully saturated rings. The number of hydrogen-bond acceptors (Lipinski definition) is 0. The fraction of sp³-hybridized carbons (Fsp3) is 0.667. The summed E-state index contributed by atoms with van der Waals surface area (Å²) in [6.45, 7) is 4.19. The van der Waals surface area contributed by atoms with Crippen LogP contribution < -0.4 is 0 Å². The molecule has 0 N–H and O–H groups in total. The van der Waals surface area contributed by atoms with Crippen molar-refractivity contribution in [3.63, 3.8) is 0 Å². The molecule has 0 rings (SSSR count). The molecule has 0 aliphatic carbocycles. The third kappa shape index (κ3) is 3.93. The highest BCUT2D eigenvalue weighted by atomic mass is 32.1. The first-order valence-corrected chi connectivity index (χ1v) is 3.12. The van der Waals surface area contributed by atoms with Gasteiger partial charge in [0.15, 0.2) is 0 Å². The van der Waals surface area contributed by atoms with Gasteiger partial charge in [-0.1, -0.05) is 31.2 Å². The fourth-order valence-electron chi connectivity index (χ4n) is 0.407. The maximum Gasteiger partial charge on any atom is 0.0244 e. The van der Waals surface area contributed by atoms with Gasteiger partial charge < -0.3 is 0 Å². The molecule has 0 aromatic rings. The van der Waals surface area contributed by atoms with Crippen LogP contribution in [0, 0.1) is 0 Å². The van der Waals surface area contributed by atoms with Crippen molar-refractivity contribution < 1.29 is 0 Å². The van der Waals surface area contributed by atoms with Crippen molar-refractivity contribution in [2.24, 2.45) is 0 Å². The lowest BCUT2D eigenvalue weighted by Crippen LogP contribution is -1.73. The van der Waals surface area contributed by atoms with Crippen molar-refractivity contribution in [3.05, 3.63) is 11.6 Å². The summed E-state index contributed by atoms with van der Waals surface area (Å²) in [6.07, 6.45) is 3.27. The monoisotopic (exact) mass is 115 g/mol. The minimum Gasteiger partial charge on any atom is -0.0894 e. The first-order valence-electron chi connectivity index (χ1n) is 2.55. The quantitative estimate of drug-likeness (QED) is 0.485. The first kappa shape index (κ1) is 7.09. The number of rotatable bonds is 2. The first-order chi connectivity index (χ1) is 3.31. The average Bonchev–Trinajstić information content (AvgIpc) is 1.68. The second-order valence-corrected chi connectivity index (χ2v) is 1.89. The fourth-order valence-corrected chi connectivity index (χ4v) is 0.525. The Morgan fingerprint density at radius 1 is 1.71 bits per heavy atom. The normalized spacial score (nSPS) is 12.1. The number of hydrogen-bond donors (Lipinski definition) is 0. The zero-order chi connectivity index (χ0) is 5.70. The summed E-state index contributed by atoms with van der Waals surface area (Å²) < 4.78 is 0. The van der Waals surface area contributed by atoms with Crippen molar-refractivity contribution >= 4 is 12.6 Å². The molecule has 0 aromatic heterocycles. The summed E-state index contributed by atoms with van der Waals surface area (Å²) >= 11 is 4.77. The van der Waals surface area contributed by atoms with E-state index >= 15 is 0 Å². The smallest absolute Gasteiger partial charge is 0.0244 e. The maximum absolute atomic E-state index is 4.77. The molecule has 1 heteroatoms. The van der Waals surface area contributed by atoms with E-state index in [0.29, 0.717) is 0 Å². The average molecular weight is 115 g/mol. The van der Waals surface area contributed by atoms with Gasteiger partial charge in [-0.15, -0.1) is 0 Å². The Morgan fingerprint density at radius 3 is 2.43 bits per heavy atom. The SMILES string of the molecule is CCC=C(C)C[S]. The highest BCUT2D eigenvalue weighted by Crippen LogP contribution is 1.95. The molecule has 0 aliphatic heterocycles. The number of allylic oxidation sites excluding steroid dienone is 1. The van der Waals surface area contributed by atoms with Crippen LogP contribution in [0.5, 0.6) is 0 Å². The van der Waals surface area contributed by atoms with E-state index < -0.39 is 0 Å². The van der Waals surface area contributed by atoms with Gasteiger partial charge in [0.25, 0.3) is 0 Å². The van der Waals surface area contributed by atoms with E-state index in [4.69, 9.17) is 12.6 Å². The molecule has 0 spiro atoms. The Labute approximate surface area is 51.0 Å². The van der Waals surface area contributed by atoms with Gasteiger partial charge in [-0.25, -0.2) is 0 Å². The molecular weight excluding hydrogens is 104 g/mol. The molecule has 0 unspecified atom stereocenters. The largest absolute Gasteiger partial charge is 0.0894 e.